The van der Waals surface area contributed by atoms with Crippen LogP contribution in [0, 0.1) is 4.51 Å². The number of anilines is 2. The fourth-order valence-electron chi connectivity index (χ4n) is 2.61. The largest absolute Gasteiger partial charge is 0.370 e. The third-order valence-electron chi connectivity index (χ3n) is 4.09. The summed E-state index contributed by atoms with van der Waals surface area (Å²) in [4.78, 5) is 16.4. The van der Waals surface area contributed by atoms with Crippen molar-refractivity contribution in [2.45, 2.75) is 51.7 Å². The second-order valence-electron chi connectivity index (χ2n) is 6.26. The van der Waals surface area contributed by atoms with Gasteiger partial charge in [-0.1, -0.05) is 29.4 Å². The predicted molar refractivity (Wildman–Crippen MR) is 107 cm³/mol. The molecule has 0 heterocycles. The fourth-order valence-corrected chi connectivity index (χ4v) is 3.44. The van der Waals surface area contributed by atoms with E-state index < -0.39 is 0 Å². The molecule has 0 bridgehead atoms. The number of thiol groups is 1. The van der Waals surface area contributed by atoms with Gasteiger partial charge in [-0.05, 0) is 40.5 Å². The van der Waals surface area contributed by atoms with Crippen molar-refractivity contribution in [3.63, 3.8) is 0 Å². The molecule has 1 rings (SSSR count). The molecule has 0 N–H and O–H groups in total. The summed E-state index contributed by atoms with van der Waals surface area (Å²) in [5.41, 5.74) is 1.81. The van der Waals surface area contributed by atoms with E-state index in [2.05, 4.69) is 49.2 Å². The van der Waals surface area contributed by atoms with Gasteiger partial charge in [0.1, 0.15) is 10.2 Å². The normalized spacial score (nSPS) is 11.9. The standard InChI is InChI=1S/C16H28N2OS3/c1-6-18(7-2)13-12(14(19)15(13)20)17(5)11-9-8-10-16(3,4)22-21/h21H,6-11H2,1-5H3. The van der Waals surface area contributed by atoms with Crippen LogP contribution < -0.4 is 15.2 Å². The summed E-state index contributed by atoms with van der Waals surface area (Å²) in [7, 11) is 3.61. The van der Waals surface area contributed by atoms with Crippen molar-refractivity contribution in [2.24, 2.45) is 0 Å². The highest BCUT2D eigenvalue weighted by Crippen LogP contribution is 2.33. The SMILES string of the molecule is CCN(CC)c1c(N(C)CCCCC(C)(C)SS)c(=O)c1=S. The Labute approximate surface area is 149 Å². The highest BCUT2D eigenvalue weighted by atomic mass is 33.1. The van der Waals surface area contributed by atoms with Crippen molar-refractivity contribution < 1.29 is 0 Å². The van der Waals surface area contributed by atoms with Crippen LogP contribution >= 0.6 is 34.7 Å². The molecule has 126 valence electrons. The van der Waals surface area contributed by atoms with Crippen LogP contribution in [0.15, 0.2) is 4.79 Å². The third kappa shape index (κ3) is 4.65. The van der Waals surface area contributed by atoms with E-state index in [9.17, 15) is 4.79 Å². The maximum absolute atomic E-state index is 12.1. The van der Waals surface area contributed by atoms with Crippen LogP contribution in [-0.4, -0.2) is 31.4 Å². The minimum absolute atomic E-state index is 0.0330. The Morgan fingerprint density at radius 3 is 2.27 bits per heavy atom. The highest BCUT2D eigenvalue weighted by molar-refractivity contribution is 8.69. The second kappa shape index (κ2) is 8.60. The summed E-state index contributed by atoms with van der Waals surface area (Å²) >= 11 is 9.56. The lowest BCUT2D eigenvalue weighted by atomic mass is 10.0. The maximum Gasteiger partial charge on any atom is 0.224 e. The summed E-state index contributed by atoms with van der Waals surface area (Å²) in [6, 6.07) is 0. The van der Waals surface area contributed by atoms with Crippen LogP contribution in [-0.2, 0) is 0 Å². The van der Waals surface area contributed by atoms with Crippen LogP contribution in [0.3, 0.4) is 0 Å². The summed E-state index contributed by atoms with van der Waals surface area (Å²) in [6.45, 7) is 11.3. The Morgan fingerprint density at radius 2 is 1.77 bits per heavy atom. The Bertz CT molecular complexity index is 546. The van der Waals surface area contributed by atoms with Gasteiger partial charge in [0.05, 0.1) is 5.69 Å². The number of hydrogen-bond donors (Lipinski definition) is 1. The zero-order chi connectivity index (χ0) is 16.9. The fraction of sp³-hybridized carbons (Fsp3) is 0.750. The first-order valence-corrected chi connectivity index (χ1v) is 10.2. The summed E-state index contributed by atoms with van der Waals surface area (Å²) in [6.07, 6.45) is 3.34. The molecule has 0 amide bonds. The van der Waals surface area contributed by atoms with Crippen LogP contribution in [0.4, 0.5) is 11.4 Å². The average molecular weight is 361 g/mol. The second-order valence-corrected chi connectivity index (χ2v) is 8.50. The van der Waals surface area contributed by atoms with Crippen molar-refractivity contribution in [3.05, 3.63) is 14.7 Å². The van der Waals surface area contributed by atoms with E-state index >= 15 is 0 Å². The molecule has 0 spiro atoms. The lowest BCUT2D eigenvalue weighted by molar-refractivity contribution is 0.579. The molecule has 0 radical (unpaired) electrons. The van der Waals surface area contributed by atoms with Gasteiger partial charge in [-0.3, -0.25) is 4.79 Å². The Morgan fingerprint density at radius 1 is 1.18 bits per heavy atom. The van der Waals surface area contributed by atoms with Gasteiger partial charge in [0, 0.05) is 31.4 Å². The molecule has 0 atom stereocenters. The highest BCUT2D eigenvalue weighted by Gasteiger charge is 2.24. The molecule has 6 heteroatoms. The molecular formula is C16H28N2OS3. The van der Waals surface area contributed by atoms with Gasteiger partial charge in [-0.15, -0.1) is 11.7 Å². The molecule has 0 aromatic heterocycles. The molecule has 0 aliphatic heterocycles. The number of hydrogen-bond acceptors (Lipinski definition) is 6. The molecule has 0 fully saturated rings. The zero-order valence-corrected chi connectivity index (χ0v) is 16.8. The van der Waals surface area contributed by atoms with Crippen LogP contribution in [0.1, 0.15) is 47.0 Å². The predicted octanol–water partition coefficient (Wildman–Crippen LogP) is 4.46. The first-order chi connectivity index (χ1) is 10.3. The Hall–Kier alpha value is -0.200. The van der Waals surface area contributed by atoms with Crippen molar-refractivity contribution in [2.75, 3.05) is 36.5 Å². The van der Waals surface area contributed by atoms with E-state index in [-0.39, 0.29) is 10.2 Å². The van der Waals surface area contributed by atoms with E-state index in [4.69, 9.17) is 12.2 Å². The van der Waals surface area contributed by atoms with Crippen LogP contribution in [0.2, 0.25) is 0 Å². The van der Waals surface area contributed by atoms with E-state index in [1.807, 2.05) is 7.05 Å². The molecule has 0 unspecified atom stereocenters. The van der Waals surface area contributed by atoms with Crippen molar-refractivity contribution >= 4 is 46.0 Å². The van der Waals surface area contributed by atoms with Gasteiger partial charge in [0.15, 0.2) is 0 Å². The van der Waals surface area contributed by atoms with Crippen molar-refractivity contribution in [1.82, 2.24) is 0 Å². The average Bonchev–Trinajstić information content (AvgIpc) is 2.51. The minimum Gasteiger partial charge on any atom is -0.370 e. The Balaban J connectivity index is 2.64. The van der Waals surface area contributed by atoms with E-state index in [0.717, 1.165) is 50.3 Å². The summed E-state index contributed by atoms with van der Waals surface area (Å²) < 4.78 is 0.708. The molecule has 0 saturated heterocycles. The molecule has 0 aliphatic rings. The summed E-state index contributed by atoms with van der Waals surface area (Å²) in [5, 5.41) is 0. The lowest BCUT2D eigenvalue weighted by Crippen LogP contribution is -2.35. The number of unbranched alkanes of at least 4 members (excludes halogenated alkanes) is 1. The van der Waals surface area contributed by atoms with E-state index in [1.54, 1.807) is 10.8 Å². The van der Waals surface area contributed by atoms with E-state index in [1.165, 1.54) is 0 Å². The molecule has 0 saturated carbocycles. The third-order valence-corrected chi connectivity index (χ3v) is 6.65. The van der Waals surface area contributed by atoms with Gasteiger partial charge < -0.3 is 9.80 Å². The van der Waals surface area contributed by atoms with E-state index in [0.29, 0.717) is 4.51 Å². The molecule has 0 aliphatic carbocycles. The van der Waals surface area contributed by atoms with Gasteiger partial charge in [0.25, 0.3) is 0 Å². The van der Waals surface area contributed by atoms with Crippen molar-refractivity contribution in [1.29, 1.82) is 0 Å². The molecule has 1 aromatic carbocycles. The first kappa shape index (κ1) is 19.8. The Kier molecular flexibility index (Phi) is 7.75. The molecular weight excluding hydrogens is 332 g/mol. The van der Waals surface area contributed by atoms with Crippen LogP contribution in [0.5, 0.6) is 0 Å². The minimum atomic E-state index is 0.0330. The van der Waals surface area contributed by atoms with Gasteiger partial charge in [0.2, 0.25) is 5.43 Å². The first-order valence-electron chi connectivity index (χ1n) is 7.91. The zero-order valence-electron chi connectivity index (χ0n) is 14.3. The molecule has 22 heavy (non-hydrogen) atoms. The lowest BCUT2D eigenvalue weighted by Gasteiger charge is -2.31. The van der Waals surface area contributed by atoms with Gasteiger partial charge in [-0.25, -0.2) is 0 Å². The quantitative estimate of drug-likeness (QED) is 0.287. The molecule has 1 aromatic rings. The number of nitrogens with zero attached hydrogens (tertiary/aromatic N) is 2. The summed E-state index contributed by atoms with van der Waals surface area (Å²) in [5.74, 6) is 0. The topological polar surface area (TPSA) is 23.6 Å². The smallest absolute Gasteiger partial charge is 0.224 e. The number of rotatable bonds is 10. The maximum atomic E-state index is 12.1. The van der Waals surface area contributed by atoms with Gasteiger partial charge in [-0.2, -0.15) is 0 Å². The van der Waals surface area contributed by atoms with Crippen molar-refractivity contribution in [3.8, 4) is 0 Å². The molecule has 3 nitrogen and oxygen atoms in total. The van der Waals surface area contributed by atoms with Gasteiger partial charge >= 0.3 is 0 Å². The monoisotopic (exact) mass is 360 g/mol. The van der Waals surface area contributed by atoms with Crippen LogP contribution in [0.25, 0.3) is 0 Å².